The van der Waals surface area contributed by atoms with Crippen molar-refractivity contribution >= 4 is 35.9 Å². The molecule has 1 aliphatic heterocycles. The van der Waals surface area contributed by atoms with Crippen LogP contribution in [-0.4, -0.2) is 50.6 Å². The van der Waals surface area contributed by atoms with Gasteiger partial charge in [0.2, 0.25) is 0 Å². The summed E-state index contributed by atoms with van der Waals surface area (Å²) >= 11 is 0. The topological polar surface area (TPSA) is 53.9 Å². The van der Waals surface area contributed by atoms with E-state index in [-0.39, 0.29) is 29.9 Å². The Morgan fingerprint density at radius 3 is 2.60 bits per heavy atom. The number of methoxy groups -OCH3 is 1. The van der Waals surface area contributed by atoms with E-state index in [0.717, 1.165) is 38.4 Å². The Morgan fingerprint density at radius 2 is 2.10 bits per heavy atom. The predicted octanol–water partition coefficient (Wildman–Crippen LogP) is 2.26. The minimum absolute atomic E-state index is 0. The standard InChI is InChI=1S/C14H27N3O2.HI/c1-14(2)8-10-17(11-14)13(15-3)16-9-6-5-7-12(18)19-4;/h5-11H2,1-4H3,(H,15,16);1H. The summed E-state index contributed by atoms with van der Waals surface area (Å²) in [5.74, 6) is 0.842. The molecule has 0 bridgehead atoms. The summed E-state index contributed by atoms with van der Waals surface area (Å²) < 4.78 is 4.61. The van der Waals surface area contributed by atoms with Gasteiger partial charge in [-0.05, 0) is 24.7 Å². The third kappa shape index (κ3) is 6.76. The highest BCUT2D eigenvalue weighted by atomic mass is 127. The maximum atomic E-state index is 11.0. The molecule has 118 valence electrons. The van der Waals surface area contributed by atoms with Gasteiger partial charge in [-0.25, -0.2) is 0 Å². The molecule has 1 aliphatic rings. The van der Waals surface area contributed by atoms with Gasteiger partial charge in [-0.3, -0.25) is 9.79 Å². The number of guanidine groups is 1. The summed E-state index contributed by atoms with van der Waals surface area (Å²) in [7, 11) is 3.25. The van der Waals surface area contributed by atoms with Crippen molar-refractivity contribution in [1.82, 2.24) is 10.2 Å². The summed E-state index contributed by atoms with van der Waals surface area (Å²) in [5.41, 5.74) is 0.377. The second-order valence-corrected chi connectivity index (χ2v) is 5.84. The van der Waals surface area contributed by atoms with E-state index in [1.807, 2.05) is 7.05 Å². The number of hydrogen-bond donors (Lipinski definition) is 1. The molecule has 0 aliphatic carbocycles. The fourth-order valence-electron chi connectivity index (χ4n) is 2.32. The van der Waals surface area contributed by atoms with E-state index in [1.165, 1.54) is 13.5 Å². The fraction of sp³-hybridized carbons (Fsp3) is 0.857. The van der Waals surface area contributed by atoms with Gasteiger partial charge in [-0.1, -0.05) is 13.8 Å². The lowest BCUT2D eigenvalue weighted by molar-refractivity contribution is -0.140. The second-order valence-electron chi connectivity index (χ2n) is 5.84. The van der Waals surface area contributed by atoms with E-state index in [2.05, 4.69) is 33.8 Å². The minimum atomic E-state index is -0.134. The number of ether oxygens (including phenoxy) is 1. The third-order valence-electron chi connectivity index (χ3n) is 3.51. The van der Waals surface area contributed by atoms with Crippen molar-refractivity contribution in [3.8, 4) is 0 Å². The first-order valence-electron chi connectivity index (χ1n) is 7.01. The zero-order chi connectivity index (χ0) is 14.3. The van der Waals surface area contributed by atoms with Crippen LogP contribution in [0.3, 0.4) is 0 Å². The molecule has 0 aromatic carbocycles. The predicted molar refractivity (Wildman–Crippen MR) is 92.6 cm³/mol. The molecule has 0 aromatic rings. The molecule has 6 heteroatoms. The van der Waals surface area contributed by atoms with Crippen LogP contribution in [0.1, 0.15) is 39.5 Å². The van der Waals surface area contributed by atoms with Crippen LogP contribution in [0.2, 0.25) is 0 Å². The number of hydrogen-bond acceptors (Lipinski definition) is 3. The first-order valence-corrected chi connectivity index (χ1v) is 7.01. The van der Waals surface area contributed by atoms with Gasteiger partial charge in [0.15, 0.2) is 5.96 Å². The van der Waals surface area contributed by atoms with Crippen molar-refractivity contribution in [2.45, 2.75) is 39.5 Å². The Labute approximate surface area is 139 Å². The summed E-state index contributed by atoms with van der Waals surface area (Å²) in [6.45, 7) is 7.54. The number of esters is 1. The molecule has 0 saturated carbocycles. The van der Waals surface area contributed by atoms with E-state index in [4.69, 9.17) is 0 Å². The molecule has 0 aromatic heterocycles. The Balaban J connectivity index is 0.00000361. The molecule has 0 radical (unpaired) electrons. The van der Waals surface area contributed by atoms with Crippen molar-refractivity contribution < 1.29 is 9.53 Å². The number of likely N-dealkylation sites (tertiary alicyclic amines) is 1. The van der Waals surface area contributed by atoms with Gasteiger partial charge >= 0.3 is 5.97 Å². The highest BCUT2D eigenvalue weighted by molar-refractivity contribution is 14.0. The van der Waals surface area contributed by atoms with E-state index in [9.17, 15) is 4.79 Å². The van der Waals surface area contributed by atoms with Gasteiger partial charge in [0.1, 0.15) is 0 Å². The molecule has 0 unspecified atom stereocenters. The SMILES string of the molecule is CN=C(NCCCCC(=O)OC)N1CCC(C)(C)C1.I. The molecule has 0 atom stereocenters. The summed E-state index contributed by atoms with van der Waals surface area (Å²) in [6.07, 6.45) is 3.50. The first-order chi connectivity index (χ1) is 8.98. The Morgan fingerprint density at radius 1 is 1.40 bits per heavy atom. The smallest absolute Gasteiger partial charge is 0.305 e. The summed E-state index contributed by atoms with van der Waals surface area (Å²) in [6, 6.07) is 0. The molecule has 0 spiro atoms. The van der Waals surface area contributed by atoms with Gasteiger partial charge in [0.05, 0.1) is 7.11 Å². The Bertz CT molecular complexity index is 332. The lowest BCUT2D eigenvalue weighted by Crippen LogP contribution is -2.41. The highest BCUT2D eigenvalue weighted by Gasteiger charge is 2.30. The second kappa shape index (κ2) is 9.41. The molecule has 0 amide bonds. The van der Waals surface area contributed by atoms with E-state index in [0.29, 0.717) is 11.8 Å². The maximum absolute atomic E-state index is 11.0. The van der Waals surface area contributed by atoms with E-state index in [1.54, 1.807) is 0 Å². The fourth-order valence-corrected chi connectivity index (χ4v) is 2.32. The Hall–Kier alpha value is -0.530. The van der Waals surface area contributed by atoms with Gasteiger partial charge < -0.3 is 15.0 Å². The number of nitrogens with one attached hydrogen (secondary N) is 1. The van der Waals surface area contributed by atoms with Crippen LogP contribution in [0.4, 0.5) is 0 Å². The number of carbonyl (C=O) groups excluding carboxylic acids is 1. The van der Waals surface area contributed by atoms with Crippen molar-refractivity contribution in [3.05, 3.63) is 0 Å². The molecule has 1 heterocycles. The molecule has 5 nitrogen and oxygen atoms in total. The first kappa shape index (κ1) is 19.5. The van der Waals surface area contributed by atoms with Gasteiger partial charge in [-0.15, -0.1) is 24.0 Å². The van der Waals surface area contributed by atoms with Crippen molar-refractivity contribution in [3.63, 3.8) is 0 Å². The van der Waals surface area contributed by atoms with Crippen LogP contribution in [0.25, 0.3) is 0 Å². The lowest BCUT2D eigenvalue weighted by atomic mass is 9.93. The minimum Gasteiger partial charge on any atom is -0.469 e. The van der Waals surface area contributed by atoms with Crippen molar-refractivity contribution in [2.24, 2.45) is 10.4 Å². The van der Waals surface area contributed by atoms with Crippen molar-refractivity contribution in [2.75, 3.05) is 33.8 Å². The molecule has 1 rings (SSSR count). The van der Waals surface area contributed by atoms with Crippen LogP contribution >= 0.6 is 24.0 Å². The number of unbranched alkanes of at least 4 members (excludes halogenated alkanes) is 1. The van der Waals surface area contributed by atoms with Crippen LogP contribution in [0, 0.1) is 5.41 Å². The number of halogens is 1. The monoisotopic (exact) mass is 397 g/mol. The van der Waals surface area contributed by atoms with E-state index >= 15 is 0 Å². The maximum Gasteiger partial charge on any atom is 0.305 e. The zero-order valence-corrected chi connectivity index (χ0v) is 15.4. The van der Waals surface area contributed by atoms with Crippen LogP contribution in [0.15, 0.2) is 4.99 Å². The Kier molecular flexibility index (Phi) is 9.16. The van der Waals surface area contributed by atoms with Crippen LogP contribution in [0.5, 0.6) is 0 Å². The highest BCUT2D eigenvalue weighted by Crippen LogP contribution is 2.28. The zero-order valence-electron chi connectivity index (χ0n) is 13.1. The number of carbonyl (C=O) groups is 1. The molecule has 20 heavy (non-hydrogen) atoms. The normalized spacial score (nSPS) is 17.6. The van der Waals surface area contributed by atoms with Gasteiger partial charge in [-0.2, -0.15) is 0 Å². The molecule has 1 saturated heterocycles. The van der Waals surface area contributed by atoms with E-state index < -0.39 is 0 Å². The number of rotatable bonds is 5. The quantitative estimate of drug-likeness (QED) is 0.254. The molecular formula is C14H28IN3O2. The van der Waals surface area contributed by atoms with Crippen molar-refractivity contribution in [1.29, 1.82) is 0 Å². The molecule has 1 N–H and O–H groups in total. The number of nitrogens with zero attached hydrogens (tertiary/aromatic N) is 2. The largest absolute Gasteiger partial charge is 0.469 e. The summed E-state index contributed by atoms with van der Waals surface area (Å²) in [5, 5.41) is 3.36. The molecule has 1 fully saturated rings. The van der Waals surface area contributed by atoms with Gasteiger partial charge in [0.25, 0.3) is 0 Å². The lowest BCUT2D eigenvalue weighted by Gasteiger charge is -2.23. The third-order valence-corrected chi connectivity index (χ3v) is 3.51. The van der Waals surface area contributed by atoms with Crippen LogP contribution < -0.4 is 5.32 Å². The van der Waals surface area contributed by atoms with Gasteiger partial charge in [0, 0.05) is 33.1 Å². The van der Waals surface area contributed by atoms with Crippen LogP contribution in [-0.2, 0) is 9.53 Å². The summed E-state index contributed by atoms with van der Waals surface area (Å²) in [4.78, 5) is 17.6. The average molecular weight is 397 g/mol. The number of aliphatic imine (C=N–C) groups is 1. The molecular weight excluding hydrogens is 369 g/mol. The average Bonchev–Trinajstić information content (AvgIpc) is 2.73.